The van der Waals surface area contributed by atoms with Crippen molar-refractivity contribution in [2.75, 3.05) is 16.4 Å². The molecule has 0 aliphatic carbocycles. The molecule has 0 saturated heterocycles. The second-order valence-corrected chi connectivity index (χ2v) is 6.85. The number of rotatable bonds is 6. The third-order valence-corrected chi connectivity index (χ3v) is 4.33. The average molecular weight is 403 g/mol. The molecule has 9 heteroatoms. The highest BCUT2D eigenvalue weighted by atomic mass is 35.5. The Hall–Kier alpha value is -2.84. The van der Waals surface area contributed by atoms with Crippen LogP contribution in [0, 0.1) is 0 Å². The number of carbonyl (C=O) groups excluding carboxylic acids is 2. The lowest BCUT2D eigenvalue weighted by molar-refractivity contribution is -0.114. The van der Waals surface area contributed by atoms with E-state index in [0.29, 0.717) is 27.9 Å². The van der Waals surface area contributed by atoms with Gasteiger partial charge in [0.25, 0.3) is 5.22 Å². The molecule has 0 saturated carbocycles. The van der Waals surface area contributed by atoms with Crippen LogP contribution in [-0.2, 0) is 9.59 Å². The van der Waals surface area contributed by atoms with Gasteiger partial charge < -0.3 is 15.1 Å². The average Bonchev–Trinajstić information content (AvgIpc) is 3.09. The zero-order valence-electron chi connectivity index (χ0n) is 14.2. The fourth-order valence-corrected chi connectivity index (χ4v) is 2.96. The van der Waals surface area contributed by atoms with Crippen LogP contribution in [0.5, 0.6) is 0 Å². The Morgan fingerprint density at radius 1 is 1.07 bits per heavy atom. The minimum atomic E-state index is -0.234. The summed E-state index contributed by atoms with van der Waals surface area (Å²) in [4.78, 5) is 23.2. The highest BCUT2D eigenvalue weighted by Gasteiger charge is 2.12. The van der Waals surface area contributed by atoms with Gasteiger partial charge in [-0.25, -0.2) is 0 Å². The van der Waals surface area contributed by atoms with Gasteiger partial charge in [-0.3, -0.25) is 9.59 Å². The van der Waals surface area contributed by atoms with Crippen molar-refractivity contribution in [1.29, 1.82) is 0 Å². The van der Waals surface area contributed by atoms with E-state index in [1.54, 1.807) is 42.5 Å². The smallest absolute Gasteiger partial charge is 0.277 e. The zero-order chi connectivity index (χ0) is 19.2. The minimum absolute atomic E-state index is 0.0988. The van der Waals surface area contributed by atoms with Gasteiger partial charge in [-0.05, 0) is 36.4 Å². The van der Waals surface area contributed by atoms with E-state index in [0.717, 1.165) is 11.8 Å². The molecule has 1 aromatic heterocycles. The van der Waals surface area contributed by atoms with Gasteiger partial charge in [-0.15, -0.1) is 10.2 Å². The molecule has 7 nitrogen and oxygen atoms in total. The number of benzene rings is 2. The number of hydrogen-bond donors (Lipinski definition) is 2. The molecule has 0 unspecified atom stereocenters. The van der Waals surface area contributed by atoms with Gasteiger partial charge in [0.2, 0.25) is 17.7 Å². The second-order valence-electron chi connectivity index (χ2n) is 5.48. The summed E-state index contributed by atoms with van der Waals surface area (Å²) < 4.78 is 5.54. The maximum absolute atomic E-state index is 12.1. The molecule has 3 rings (SSSR count). The molecular formula is C18H15ClN4O3S. The van der Waals surface area contributed by atoms with E-state index in [-0.39, 0.29) is 22.8 Å². The third-order valence-electron chi connectivity index (χ3n) is 3.27. The van der Waals surface area contributed by atoms with E-state index < -0.39 is 0 Å². The molecule has 0 fully saturated rings. The molecule has 0 atom stereocenters. The minimum Gasteiger partial charge on any atom is -0.411 e. The predicted molar refractivity (Wildman–Crippen MR) is 105 cm³/mol. The Morgan fingerprint density at radius 2 is 1.81 bits per heavy atom. The van der Waals surface area contributed by atoms with Crippen LogP contribution in [0.25, 0.3) is 11.5 Å². The normalized spacial score (nSPS) is 10.4. The van der Waals surface area contributed by atoms with Crippen LogP contribution in [0.1, 0.15) is 6.92 Å². The molecule has 0 aliphatic heterocycles. The Balaban J connectivity index is 1.56. The number of nitrogens with zero attached hydrogens (tertiary/aromatic N) is 2. The lowest BCUT2D eigenvalue weighted by atomic mass is 10.2. The van der Waals surface area contributed by atoms with Gasteiger partial charge in [0.1, 0.15) is 0 Å². The van der Waals surface area contributed by atoms with Crippen molar-refractivity contribution in [2.45, 2.75) is 12.1 Å². The van der Waals surface area contributed by atoms with Gasteiger partial charge in [0.05, 0.1) is 5.75 Å². The summed E-state index contributed by atoms with van der Waals surface area (Å²) in [6.07, 6.45) is 0. The number of thioether (sulfide) groups is 1. The van der Waals surface area contributed by atoms with Crippen molar-refractivity contribution < 1.29 is 14.0 Å². The summed E-state index contributed by atoms with van der Waals surface area (Å²) in [6, 6.07) is 14.0. The highest BCUT2D eigenvalue weighted by Crippen LogP contribution is 2.25. The standard InChI is InChI=1S/C18H15ClN4O3S/c1-11(24)20-14-6-3-7-15(9-14)21-16(25)10-27-18-23-22-17(26-18)12-4-2-5-13(19)8-12/h2-9H,10H2,1H3,(H,20,24)(H,21,25). The Labute approximate surface area is 164 Å². The van der Waals surface area contributed by atoms with Crippen molar-refractivity contribution >= 4 is 46.6 Å². The fraction of sp³-hybridized carbons (Fsp3) is 0.111. The first-order valence-electron chi connectivity index (χ1n) is 7.89. The molecule has 27 heavy (non-hydrogen) atoms. The maximum atomic E-state index is 12.1. The number of hydrogen-bond acceptors (Lipinski definition) is 6. The van der Waals surface area contributed by atoms with Gasteiger partial charge >= 0.3 is 0 Å². The molecule has 0 radical (unpaired) electrons. The van der Waals surface area contributed by atoms with Gasteiger partial charge in [0, 0.05) is 28.9 Å². The first-order valence-corrected chi connectivity index (χ1v) is 9.26. The summed E-state index contributed by atoms with van der Waals surface area (Å²) in [7, 11) is 0. The quantitative estimate of drug-likeness (QED) is 0.603. The van der Waals surface area contributed by atoms with E-state index in [4.69, 9.17) is 16.0 Å². The Morgan fingerprint density at radius 3 is 2.56 bits per heavy atom. The summed E-state index contributed by atoms with van der Waals surface area (Å²) in [5.74, 6) is 0.0217. The molecule has 0 spiro atoms. The van der Waals surface area contributed by atoms with Crippen LogP contribution in [-0.4, -0.2) is 27.8 Å². The van der Waals surface area contributed by atoms with Crippen LogP contribution in [0.15, 0.2) is 58.2 Å². The summed E-state index contributed by atoms with van der Waals surface area (Å²) in [6.45, 7) is 1.42. The van der Waals surface area contributed by atoms with Crippen molar-refractivity contribution in [3.8, 4) is 11.5 Å². The van der Waals surface area contributed by atoms with E-state index in [1.807, 2.05) is 6.07 Å². The summed E-state index contributed by atoms with van der Waals surface area (Å²) in [5.41, 5.74) is 1.90. The van der Waals surface area contributed by atoms with Crippen LogP contribution < -0.4 is 10.6 Å². The number of carbonyl (C=O) groups is 2. The molecule has 1 heterocycles. The Kier molecular flexibility index (Phi) is 6.10. The molecular weight excluding hydrogens is 388 g/mol. The van der Waals surface area contributed by atoms with E-state index in [2.05, 4.69) is 20.8 Å². The molecule has 2 amide bonds. The van der Waals surface area contributed by atoms with Gasteiger partial charge in [-0.1, -0.05) is 35.5 Å². The predicted octanol–water partition coefficient (Wildman–Crippen LogP) is 4.08. The molecule has 2 N–H and O–H groups in total. The summed E-state index contributed by atoms with van der Waals surface area (Å²) in [5, 5.41) is 14.2. The number of anilines is 2. The second kappa shape index (κ2) is 8.70. The van der Waals surface area contributed by atoms with Crippen LogP contribution in [0.3, 0.4) is 0 Å². The SMILES string of the molecule is CC(=O)Nc1cccc(NC(=O)CSc2nnc(-c3cccc(Cl)c3)o2)c1. The highest BCUT2D eigenvalue weighted by molar-refractivity contribution is 7.99. The molecule has 0 aliphatic rings. The third kappa shape index (κ3) is 5.57. The van der Waals surface area contributed by atoms with E-state index >= 15 is 0 Å². The number of aromatic nitrogens is 2. The number of amides is 2. The van der Waals surface area contributed by atoms with Crippen molar-refractivity contribution in [3.63, 3.8) is 0 Å². The maximum Gasteiger partial charge on any atom is 0.277 e. The topological polar surface area (TPSA) is 97.1 Å². The monoisotopic (exact) mass is 402 g/mol. The van der Waals surface area contributed by atoms with Crippen molar-refractivity contribution in [2.24, 2.45) is 0 Å². The van der Waals surface area contributed by atoms with Crippen molar-refractivity contribution in [3.05, 3.63) is 53.6 Å². The lowest BCUT2D eigenvalue weighted by Crippen LogP contribution is -2.14. The fourth-order valence-electron chi connectivity index (χ4n) is 2.21. The van der Waals surface area contributed by atoms with Crippen LogP contribution in [0.2, 0.25) is 5.02 Å². The molecule has 0 bridgehead atoms. The lowest BCUT2D eigenvalue weighted by Gasteiger charge is -2.07. The number of halogens is 1. The zero-order valence-corrected chi connectivity index (χ0v) is 15.8. The van der Waals surface area contributed by atoms with E-state index in [9.17, 15) is 9.59 Å². The molecule has 138 valence electrons. The van der Waals surface area contributed by atoms with Gasteiger partial charge in [-0.2, -0.15) is 0 Å². The summed E-state index contributed by atoms with van der Waals surface area (Å²) >= 11 is 7.08. The first-order chi connectivity index (χ1) is 13.0. The van der Waals surface area contributed by atoms with Crippen LogP contribution in [0.4, 0.5) is 11.4 Å². The van der Waals surface area contributed by atoms with E-state index in [1.165, 1.54) is 6.92 Å². The first kappa shape index (κ1) is 18.9. The Bertz CT molecular complexity index is 977. The van der Waals surface area contributed by atoms with Gasteiger partial charge in [0.15, 0.2) is 0 Å². The number of nitrogens with one attached hydrogen (secondary N) is 2. The molecule has 2 aromatic carbocycles. The largest absolute Gasteiger partial charge is 0.411 e. The molecule has 3 aromatic rings. The van der Waals surface area contributed by atoms with Crippen molar-refractivity contribution in [1.82, 2.24) is 10.2 Å². The van der Waals surface area contributed by atoms with Crippen LogP contribution >= 0.6 is 23.4 Å².